The van der Waals surface area contributed by atoms with Gasteiger partial charge in [-0.2, -0.15) is 5.26 Å². The number of aromatic nitrogens is 1. The highest BCUT2D eigenvalue weighted by Crippen LogP contribution is 2.27. The Hall–Kier alpha value is -3.21. The molecule has 0 bridgehead atoms. The van der Waals surface area contributed by atoms with Gasteiger partial charge in [0.05, 0.1) is 10.5 Å². The number of halogens is 1. The van der Waals surface area contributed by atoms with Gasteiger partial charge in [-0.3, -0.25) is 10.1 Å². The number of anilines is 3. The van der Waals surface area contributed by atoms with Crippen molar-refractivity contribution in [1.82, 2.24) is 4.98 Å². The van der Waals surface area contributed by atoms with Crippen molar-refractivity contribution in [2.75, 3.05) is 11.1 Å². The maximum Gasteiger partial charge on any atom is 0.311 e. The van der Waals surface area contributed by atoms with Crippen LogP contribution >= 0.6 is 0 Å². The molecule has 7 nitrogen and oxygen atoms in total. The largest absolute Gasteiger partial charge is 0.384 e. The summed E-state index contributed by atoms with van der Waals surface area (Å²) in [6.07, 6.45) is 0. The highest BCUT2D eigenvalue weighted by atomic mass is 19.1. The Balaban J connectivity index is 2.42. The lowest BCUT2D eigenvalue weighted by atomic mass is 10.2. The monoisotopic (exact) mass is 273 g/mol. The Morgan fingerprint density at radius 2 is 2.15 bits per heavy atom. The van der Waals surface area contributed by atoms with E-state index in [1.807, 2.05) is 0 Å². The van der Waals surface area contributed by atoms with E-state index in [0.717, 1.165) is 6.07 Å². The number of nitro groups is 1. The van der Waals surface area contributed by atoms with E-state index < -0.39 is 10.7 Å². The number of nitriles is 1. The summed E-state index contributed by atoms with van der Waals surface area (Å²) in [5.41, 5.74) is 5.32. The molecule has 0 saturated carbocycles. The lowest BCUT2D eigenvalue weighted by Gasteiger charge is -2.07. The normalized spacial score (nSPS) is 9.80. The number of pyridine rings is 1. The van der Waals surface area contributed by atoms with Gasteiger partial charge in [0.15, 0.2) is 0 Å². The van der Waals surface area contributed by atoms with Gasteiger partial charge in [0.2, 0.25) is 5.82 Å². The van der Waals surface area contributed by atoms with Crippen molar-refractivity contribution in [2.45, 2.75) is 0 Å². The van der Waals surface area contributed by atoms with Crippen molar-refractivity contribution in [3.63, 3.8) is 0 Å². The van der Waals surface area contributed by atoms with Gasteiger partial charge in [-0.15, -0.1) is 0 Å². The Bertz CT molecular complexity index is 726. The first kappa shape index (κ1) is 13.2. The van der Waals surface area contributed by atoms with E-state index in [2.05, 4.69) is 10.3 Å². The Labute approximate surface area is 112 Å². The lowest BCUT2D eigenvalue weighted by Crippen LogP contribution is -2.02. The Kier molecular flexibility index (Phi) is 3.43. The van der Waals surface area contributed by atoms with Gasteiger partial charge in [-0.05, 0) is 24.3 Å². The van der Waals surface area contributed by atoms with Crippen LogP contribution in [0, 0.1) is 27.3 Å². The number of nitrogens with two attached hydrogens (primary N) is 1. The molecule has 0 spiro atoms. The number of nitrogens with zero attached hydrogens (tertiary/aromatic N) is 3. The third-order valence-corrected chi connectivity index (χ3v) is 2.44. The number of rotatable bonds is 3. The summed E-state index contributed by atoms with van der Waals surface area (Å²) in [6.45, 7) is 0. The predicted molar refractivity (Wildman–Crippen MR) is 69.7 cm³/mol. The van der Waals surface area contributed by atoms with Crippen molar-refractivity contribution in [2.24, 2.45) is 0 Å². The molecule has 100 valence electrons. The topological polar surface area (TPSA) is 118 Å². The van der Waals surface area contributed by atoms with Gasteiger partial charge < -0.3 is 11.1 Å². The molecular weight excluding hydrogens is 265 g/mol. The van der Waals surface area contributed by atoms with E-state index in [0.29, 0.717) is 5.69 Å². The SMILES string of the molecule is N#Cc1cc(Nc2nc(N)ccc2[N+](=O)[O-])ccc1F. The van der Waals surface area contributed by atoms with Crippen molar-refractivity contribution in [3.05, 3.63) is 51.8 Å². The van der Waals surface area contributed by atoms with Crippen LogP contribution in [0.4, 0.5) is 27.4 Å². The minimum atomic E-state index is -0.673. The predicted octanol–water partition coefficient (Wildman–Crippen LogP) is 2.33. The first-order chi connectivity index (χ1) is 9.51. The highest BCUT2D eigenvalue weighted by Gasteiger charge is 2.16. The number of nitrogen functional groups attached to an aromatic ring is 1. The van der Waals surface area contributed by atoms with Crippen LogP contribution in [0.2, 0.25) is 0 Å². The molecule has 8 heteroatoms. The van der Waals surface area contributed by atoms with Crippen LogP contribution in [0.5, 0.6) is 0 Å². The van der Waals surface area contributed by atoms with Crippen LogP contribution in [0.3, 0.4) is 0 Å². The van der Waals surface area contributed by atoms with Crippen molar-refractivity contribution in [1.29, 1.82) is 5.26 Å². The van der Waals surface area contributed by atoms with E-state index in [4.69, 9.17) is 11.0 Å². The molecule has 1 heterocycles. The minimum Gasteiger partial charge on any atom is -0.384 e. The average molecular weight is 273 g/mol. The van der Waals surface area contributed by atoms with Crippen molar-refractivity contribution in [3.8, 4) is 6.07 Å². The van der Waals surface area contributed by atoms with Gasteiger partial charge in [-0.25, -0.2) is 9.37 Å². The maximum absolute atomic E-state index is 13.2. The summed E-state index contributed by atoms with van der Waals surface area (Å²) in [5, 5.41) is 22.3. The summed E-state index contributed by atoms with van der Waals surface area (Å²) in [5.74, 6) is -0.653. The first-order valence-electron chi connectivity index (χ1n) is 5.39. The molecule has 3 N–H and O–H groups in total. The van der Waals surface area contributed by atoms with E-state index in [9.17, 15) is 14.5 Å². The van der Waals surface area contributed by atoms with E-state index >= 15 is 0 Å². The second-order valence-electron chi connectivity index (χ2n) is 3.79. The smallest absolute Gasteiger partial charge is 0.311 e. The fourth-order valence-electron chi connectivity index (χ4n) is 1.53. The lowest BCUT2D eigenvalue weighted by molar-refractivity contribution is -0.384. The molecule has 20 heavy (non-hydrogen) atoms. The van der Waals surface area contributed by atoms with Gasteiger partial charge in [0, 0.05) is 11.8 Å². The van der Waals surface area contributed by atoms with Crippen LogP contribution < -0.4 is 11.1 Å². The molecule has 0 aliphatic carbocycles. The van der Waals surface area contributed by atoms with E-state index in [-0.39, 0.29) is 22.9 Å². The van der Waals surface area contributed by atoms with Gasteiger partial charge in [0.25, 0.3) is 0 Å². The van der Waals surface area contributed by atoms with Crippen molar-refractivity contribution < 1.29 is 9.31 Å². The number of hydrogen-bond acceptors (Lipinski definition) is 6. The molecular formula is C12H8FN5O2. The molecule has 1 aromatic heterocycles. The molecule has 0 unspecified atom stereocenters. The molecule has 0 saturated heterocycles. The van der Waals surface area contributed by atoms with Crippen LogP contribution in [0.15, 0.2) is 30.3 Å². The second kappa shape index (κ2) is 5.19. The Morgan fingerprint density at radius 3 is 2.80 bits per heavy atom. The fraction of sp³-hybridized carbons (Fsp3) is 0. The molecule has 0 fully saturated rings. The molecule has 2 aromatic rings. The molecule has 0 radical (unpaired) electrons. The van der Waals surface area contributed by atoms with Crippen LogP contribution in [0.1, 0.15) is 5.56 Å². The summed E-state index contributed by atoms with van der Waals surface area (Å²) in [7, 11) is 0. The van der Waals surface area contributed by atoms with Crippen LogP contribution in [0.25, 0.3) is 0 Å². The standard InChI is InChI=1S/C12H8FN5O2/c13-9-2-1-8(5-7(9)6-14)16-12-10(18(19)20)3-4-11(15)17-12/h1-5H,(H3,15,16,17). The minimum absolute atomic E-state index is 0.0782. The van der Waals surface area contributed by atoms with Gasteiger partial charge in [-0.1, -0.05) is 0 Å². The third kappa shape index (κ3) is 2.62. The van der Waals surface area contributed by atoms with E-state index in [1.165, 1.54) is 24.3 Å². The quantitative estimate of drug-likeness (QED) is 0.654. The first-order valence-corrected chi connectivity index (χ1v) is 5.39. The Morgan fingerprint density at radius 1 is 1.40 bits per heavy atom. The number of benzene rings is 1. The fourth-order valence-corrected chi connectivity index (χ4v) is 1.53. The zero-order chi connectivity index (χ0) is 14.7. The summed E-state index contributed by atoms with van der Waals surface area (Å²) < 4.78 is 13.2. The zero-order valence-electron chi connectivity index (χ0n) is 10.0. The third-order valence-electron chi connectivity index (χ3n) is 2.44. The molecule has 0 aliphatic rings. The number of hydrogen-bond donors (Lipinski definition) is 2. The summed E-state index contributed by atoms with van der Waals surface area (Å²) in [4.78, 5) is 14.1. The summed E-state index contributed by atoms with van der Waals surface area (Å²) in [6, 6.07) is 7.83. The van der Waals surface area contributed by atoms with Gasteiger partial charge in [0.1, 0.15) is 17.7 Å². The van der Waals surface area contributed by atoms with E-state index in [1.54, 1.807) is 6.07 Å². The van der Waals surface area contributed by atoms with Gasteiger partial charge >= 0.3 is 5.69 Å². The molecule has 1 aromatic carbocycles. The molecule has 0 atom stereocenters. The average Bonchev–Trinajstić information content (AvgIpc) is 2.40. The molecule has 2 rings (SSSR count). The van der Waals surface area contributed by atoms with Crippen LogP contribution in [-0.2, 0) is 0 Å². The molecule has 0 aliphatic heterocycles. The highest BCUT2D eigenvalue weighted by molar-refractivity contribution is 5.68. The van der Waals surface area contributed by atoms with Crippen molar-refractivity contribution >= 4 is 23.0 Å². The molecule has 0 amide bonds. The van der Waals surface area contributed by atoms with Crippen LogP contribution in [-0.4, -0.2) is 9.91 Å². The second-order valence-corrected chi connectivity index (χ2v) is 3.79. The maximum atomic E-state index is 13.2. The zero-order valence-corrected chi connectivity index (χ0v) is 10.0. The number of nitrogens with one attached hydrogen (secondary N) is 1. The summed E-state index contributed by atoms with van der Waals surface area (Å²) >= 11 is 0.